The van der Waals surface area contributed by atoms with Crippen molar-refractivity contribution < 1.29 is 9.90 Å². The Balaban J connectivity index is 2.26. The fraction of sp³-hybridized carbons (Fsp3) is 0.308. The number of hydrogen-bond donors (Lipinski definition) is 1. The molecule has 0 fully saturated rings. The van der Waals surface area contributed by atoms with Crippen LogP contribution in [0.3, 0.4) is 0 Å². The lowest BCUT2D eigenvalue weighted by Gasteiger charge is -2.24. The summed E-state index contributed by atoms with van der Waals surface area (Å²) in [5.74, 6) is -0.878. The topological polar surface area (TPSA) is 42.2 Å². The van der Waals surface area contributed by atoms with Gasteiger partial charge in [0.25, 0.3) is 0 Å². The van der Waals surface area contributed by atoms with Crippen LogP contribution < -0.4 is 0 Å². The van der Waals surface area contributed by atoms with E-state index in [2.05, 4.69) is 19.9 Å². The lowest BCUT2D eigenvalue weighted by Crippen LogP contribution is -2.24. The molecule has 90 valence electrons. The zero-order chi connectivity index (χ0) is 12.5. The fourth-order valence-electron chi connectivity index (χ4n) is 1.91. The van der Waals surface area contributed by atoms with Crippen molar-refractivity contribution in [3.8, 4) is 0 Å². The van der Waals surface area contributed by atoms with Gasteiger partial charge in [-0.1, -0.05) is 19.9 Å². The second-order valence-corrected chi connectivity index (χ2v) is 5.64. The smallest absolute Gasteiger partial charge is 0.352 e. The van der Waals surface area contributed by atoms with Crippen LogP contribution in [0, 0.1) is 0 Å². The molecular formula is C13H15NO2S. The third-order valence-corrected chi connectivity index (χ3v) is 4.04. The summed E-state index contributed by atoms with van der Waals surface area (Å²) in [5, 5.41) is 11.1. The van der Waals surface area contributed by atoms with Gasteiger partial charge in [0, 0.05) is 23.0 Å². The minimum absolute atomic E-state index is 0.0581. The van der Waals surface area contributed by atoms with Crippen molar-refractivity contribution >= 4 is 17.3 Å². The highest BCUT2D eigenvalue weighted by molar-refractivity contribution is 7.10. The number of carboxylic acids is 1. The van der Waals surface area contributed by atoms with E-state index in [9.17, 15) is 4.79 Å². The van der Waals surface area contributed by atoms with Crippen LogP contribution in [0.5, 0.6) is 0 Å². The van der Waals surface area contributed by atoms with Crippen LogP contribution in [0.2, 0.25) is 0 Å². The highest BCUT2D eigenvalue weighted by atomic mass is 32.1. The van der Waals surface area contributed by atoms with Crippen molar-refractivity contribution in [2.24, 2.45) is 0 Å². The molecule has 0 atom stereocenters. The second-order valence-electron chi connectivity index (χ2n) is 4.69. The Kier molecular flexibility index (Phi) is 3.07. The molecule has 2 aromatic rings. The van der Waals surface area contributed by atoms with Gasteiger partial charge in [0.05, 0.1) is 0 Å². The summed E-state index contributed by atoms with van der Waals surface area (Å²) in [4.78, 5) is 12.3. The maximum absolute atomic E-state index is 11.0. The predicted octanol–water partition coefficient (Wildman–Crippen LogP) is 3.23. The van der Waals surface area contributed by atoms with Crippen molar-refractivity contribution in [2.45, 2.75) is 25.8 Å². The number of thiophene rings is 1. The molecule has 0 amide bonds. The summed E-state index contributed by atoms with van der Waals surface area (Å²) in [5.41, 5.74) is 0.284. The molecule has 1 N–H and O–H groups in total. The van der Waals surface area contributed by atoms with E-state index in [4.69, 9.17) is 5.11 Å². The lowest BCUT2D eigenvalue weighted by atomic mass is 9.91. The number of hydrogen-bond acceptors (Lipinski definition) is 2. The normalized spacial score (nSPS) is 11.6. The molecule has 0 saturated carbocycles. The molecule has 3 nitrogen and oxygen atoms in total. The van der Waals surface area contributed by atoms with E-state index in [-0.39, 0.29) is 5.41 Å². The maximum Gasteiger partial charge on any atom is 0.352 e. The molecule has 0 aliphatic heterocycles. The third kappa shape index (κ3) is 2.42. The SMILES string of the molecule is CC(C)(Cn1cccc1C(=O)O)c1cccs1. The average Bonchev–Trinajstić information content (AvgIpc) is 2.85. The Labute approximate surface area is 104 Å². The molecule has 0 saturated heterocycles. The average molecular weight is 249 g/mol. The van der Waals surface area contributed by atoms with Crippen LogP contribution in [0.15, 0.2) is 35.8 Å². The highest BCUT2D eigenvalue weighted by Crippen LogP contribution is 2.29. The zero-order valence-corrected chi connectivity index (χ0v) is 10.7. The molecule has 0 aromatic carbocycles. The van der Waals surface area contributed by atoms with Crippen molar-refractivity contribution in [1.82, 2.24) is 4.57 Å². The summed E-state index contributed by atoms with van der Waals surface area (Å²) in [6, 6.07) is 7.52. The lowest BCUT2D eigenvalue weighted by molar-refractivity contribution is 0.0684. The minimum atomic E-state index is -0.878. The van der Waals surface area contributed by atoms with Crippen molar-refractivity contribution in [3.05, 3.63) is 46.4 Å². The number of rotatable bonds is 4. The number of aromatic nitrogens is 1. The summed E-state index contributed by atoms with van der Waals surface area (Å²) in [6.07, 6.45) is 1.82. The summed E-state index contributed by atoms with van der Waals surface area (Å²) in [7, 11) is 0. The van der Waals surface area contributed by atoms with Crippen molar-refractivity contribution in [2.75, 3.05) is 0 Å². The standard InChI is InChI=1S/C13H15NO2S/c1-13(2,11-6-4-8-17-11)9-14-7-3-5-10(14)12(15)16/h3-8H,9H2,1-2H3,(H,15,16). The number of aromatic carboxylic acids is 1. The van der Waals surface area contributed by atoms with E-state index in [1.54, 1.807) is 28.0 Å². The first kappa shape index (κ1) is 11.9. The quantitative estimate of drug-likeness (QED) is 0.904. The molecule has 0 aliphatic carbocycles. The third-order valence-electron chi connectivity index (χ3n) is 2.80. The molecule has 2 rings (SSSR count). The molecule has 0 unspecified atom stereocenters. The summed E-state index contributed by atoms with van der Waals surface area (Å²) < 4.78 is 1.79. The largest absolute Gasteiger partial charge is 0.477 e. The monoisotopic (exact) mass is 249 g/mol. The van der Waals surface area contributed by atoms with E-state index < -0.39 is 5.97 Å². The number of carboxylic acid groups (broad SMARTS) is 1. The number of carbonyl (C=O) groups is 1. The Morgan fingerprint density at radius 3 is 2.76 bits per heavy atom. The van der Waals surface area contributed by atoms with Crippen LogP contribution in [0.1, 0.15) is 29.2 Å². The number of nitrogens with zero attached hydrogens (tertiary/aromatic N) is 1. The van der Waals surface area contributed by atoms with Crippen LogP contribution in [0.4, 0.5) is 0 Å². The van der Waals surface area contributed by atoms with E-state index in [1.165, 1.54) is 4.88 Å². The Bertz CT molecular complexity index is 511. The van der Waals surface area contributed by atoms with Crippen LogP contribution >= 0.6 is 11.3 Å². The summed E-state index contributed by atoms with van der Waals surface area (Å²) >= 11 is 1.71. The fourth-order valence-corrected chi connectivity index (χ4v) is 2.76. The van der Waals surface area contributed by atoms with Gasteiger partial charge in [-0.3, -0.25) is 0 Å². The van der Waals surface area contributed by atoms with Gasteiger partial charge in [0.15, 0.2) is 0 Å². The molecule has 2 heterocycles. The van der Waals surface area contributed by atoms with Crippen LogP contribution in [-0.2, 0) is 12.0 Å². The van der Waals surface area contributed by atoms with Gasteiger partial charge in [-0.15, -0.1) is 11.3 Å². The Morgan fingerprint density at radius 2 is 2.18 bits per heavy atom. The van der Waals surface area contributed by atoms with E-state index in [0.717, 1.165) is 0 Å². The zero-order valence-electron chi connectivity index (χ0n) is 9.88. The Hall–Kier alpha value is -1.55. The molecule has 4 heteroatoms. The summed E-state index contributed by atoms with van der Waals surface area (Å²) in [6.45, 7) is 4.93. The van der Waals surface area contributed by atoms with Gasteiger partial charge in [0.2, 0.25) is 0 Å². The van der Waals surface area contributed by atoms with Crippen LogP contribution in [0.25, 0.3) is 0 Å². The minimum Gasteiger partial charge on any atom is -0.477 e. The molecule has 0 bridgehead atoms. The molecule has 2 aromatic heterocycles. The van der Waals surface area contributed by atoms with E-state index in [1.807, 2.05) is 17.6 Å². The molecule has 0 radical (unpaired) electrons. The maximum atomic E-state index is 11.0. The van der Waals surface area contributed by atoms with Gasteiger partial charge >= 0.3 is 5.97 Å². The molecular weight excluding hydrogens is 234 g/mol. The molecule has 0 spiro atoms. The van der Waals surface area contributed by atoms with Gasteiger partial charge in [-0.05, 0) is 23.6 Å². The van der Waals surface area contributed by atoms with Crippen molar-refractivity contribution in [3.63, 3.8) is 0 Å². The van der Waals surface area contributed by atoms with Gasteiger partial charge < -0.3 is 9.67 Å². The molecule has 17 heavy (non-hydrogen) atoms. The second kappa shape index (κ2) is 4.37. The first-order valence-corrected chi connectivity index (χ1v) is 6.31. The van der Waals surface area contributed by atoms with Crippen molar-refractivity contribution in [1.29, 1.82) is 0 Å². The van der Waals surface area contributed by atoms with Gasteiger partial charge in [-0.2, -0.15) is 0 Å². The predicted molar refractivity (Wildman–Crippen MR) is 68.7 cm³/mol. The first-order valence-electron chi connectivity index (χ1n) is 5.43. The highest BCUT2D eigenvalue weighted by Gasteiger charge is 2.24. The van der Waals surface area contributed by atoms with E-state index >= 15 is 0 Å². The first-order chi connectivity index (χ1) is 8.00. The van der Waals surface area contributed by atoms with Crippen LogP contribution in [-0.4, -0.2) is 15.6 Å². The van der Waals surface area contributed by atoms with E-state index in [0.29, 0.717) is 12.2 Å². The Morgan fingerprint density at radius 1 is 1.41 bits per heavy atom. The van der Waals surface area contributed by atoms with Gasteiger partial charge in [-0.25, -0.2) is 4.79 Å². The van der Waals surface area contributed by atoms with Gasteiger partial charge in [0.1, 0.15) is 5.69 Å². The molecule has 0 aliphatic rings.